The fraction of sp³-hybridized carbons (Fsp3) is 0.667. The zero-order valence-corrected chi connectivity index (χ0v) is 12.0. The Morgan fingerprint density at radius 3 is 2.47 bits per heavy atom. The lowest BCUT2D eigenvalue weighted by molar-refractivity contribution is 0.232. The minimum absolute atomic E-state index is 0.114. The molecule has 0 aliphatic heterocycles. The van der Waals surface area contributed by atoms with Gasteiger partial charge in [0.15, 0.2) is 0 Å². The molecule has 0 saturated carbocycles. The maximum absolute atomic E-state index is 11.5. The summed E-state index contributed by atoms with van der Waals surface area (Å²) in [6.45, 7) is 10.5. The van der Waals surface area contributed by atoms with Gasteiger partial charge in [0, 0.05) is 23.4 Å². The Morgan fingerprint density at radius 1 is 1.35 bits per heavy atom. The van der Waals surface area contributed by atoms with E-state index in [0.717, 1.165) is 17.1 Å². The first-order chi connectivity index (χ1) is 7.78. The Bertz CT molecular complexity index is 393. The quantitative estimate of drug-likeness (QED) is 0.871. The lowest BCUT2D eigenvalue weighted by Gasteiger charge is -2.20. The third-order valence-corrected chi connectivity index (χ3v) is 3.26. The smallest absolute Gasteiger partial charge is 0.315 e. The zero-order chi connectivity index (χ0) is 13.1. The highest BCUT2D eigenvalue weighted by Gasteiger charge is 2.13. The number of aromatic nitrogens is 1. The molecule has 0 aromatic carbocycles. The number of nitrogens with one attached hydrogen (secondary N) is 2. The molecule has 0 unspecified atom stereocenters. The number of amides is 2. The minimum Gasteiger partial charge on any atom is -0.338 e. The van der Waals surface area contributed by atoms with Crippen LogP contribution in [0.2, 0.25) is 0 Å². The molecule has 1 rings (SSSR count). The minimum atomic E-state index is -0.193. The van der Waals surface area contributed by atoms with Gasteiger partial charge in [-0.1, -0.05) is 0 Å². The van der Waals surface area contributed by atoms with Crippen molar-refractivity contribution < 1.29 is 4.79 Å². The van der Waals surface area contributed by atoms with Crippen LogP contribution < -0.4 is 10.6 Å². The second kappa shape index (κ2) is 5.49. The number of aryl methyl sites for hydroxylation is 2. The largest absolute Gasteiger partial charge is 0.338 e. The van der Waals surface area contributed by atoms with Crippen LogP contribution in [0.15, 0.2) is 0 Å². The standard InChI is InChI=1S/C12H21N3OS/c1-8-10(17-9(2)14-8)6-7-13-11(16)15-12(3,4)5/h6-7H2,1-5H3,(H2,13,15,16). The molecule has 0 aliphatic rings. The third kappa shape index (κ3) is 5.17. The topological polar surface area (TPSA) is 54.0 Å². The summed E-state index contributed by atoms with van der Waals surface area (Å²) in [7, 11) is 0. The molecule has 4 nitrogen and oxygen atoms in total. The van der Waals surface area contributed by atoms with Gasteiger partial charge in [0.05, 0.1) is 10.7 Å². The van der Waals surface area contributed by atoms with Crippen molar-refractivity contribution >= 4 is 17.4 Å². The van der Waals surface area contributed by atoms with Crippen LogP contribution in [0.5, 0.6) is 0 Å². The highest BCUT2D eigenvalue weighted by atomic mass is 32.1. The van der Waals surface area contributed by atoms with Gasteiger partial charge >= 0.3 is 6.03 Å². The molecule has 5 heteroatoms. The highest BCUT2D eigenvalue weighted by Crippen LogP contribution is 2.16. The SMILES string of the molecule is Cc1nc(C)c(CCNC(=O)NC(C)(C)C)s1. The van der Waals surface area contributed by atoms with Crippen molar-refractivity contribution in [3.8, 4) is 0 Å². The molecule has 0 atom stereocenters. The summed E-state index contributed by atoms with van der Waals surface area (Å²) >= 11 is 1.70. The van der Waals surface area contributed by atoms with Crippen LogP contribution in [-0.2, 0) is 6.42 Å². The molecule has 0 fully saturated rings. The molecule has 2 amide bonds. The molecule has 1 heterocycles. The zero-order valence-electron chi connectivity index (χ0n) is 11.2. The van der Waals surface area contributed by atoms with Gasteiger partial charge in [0.1, 0.15) is 0 Å². The Hall–Kier alpha value is -1.10. The first-order valence-electron chi connectivity index (χ1n) is 5.77. The van der Waals surface area contributed by atoms with Gasteiger partial charge in [-0.3, -0.25) is 0 Å². The Labute approximate surface area is 107 Å². The van der Waals surface area contributed by atoms with Gasteiger partial charge in [-0.05, 0) is 34.6 Å². The number of carbonyl (C=O) groups excluding carboxylic acids is 1. The summed E-state index contributed by atoms with van der Waals surface area (Å²) in [5, 5.41) is 6.80. The van der Waals surface area contributed by atoms with Crippen LogP contribution in [0.3, 0.4) is 0 Å². The van der Waals surface area contributed by atoms with Crippen LogP contribution >= 0.6 is 11.3 Å². The molecule has 0 spiro atoms. The van der Waals surface area contributed by atoms with Gasteiger partial charge in [-0.2, -0.15) is 0 Å². The van der Waals surface area contributed by atoms with E-state index < -0.39 is 0 Å². The maximum atomic E-state index is 11.5. The summed E-state index contributed by atoms with van der Waals surface area (Å²) < 4.78 is 0. The van der Waals surface area contributed by atoms with E-state index in [1.165, 1.54) is 4.88 Å². The first kappa shape index (κ1) is 14.0. The maximum Gasteiger partial charge on any atom is 0.315 e. The predicted molar refractivity (Wildman–Crippen MR) is 71.6 cm³/mol. The van der Waals surface area contributed by atoms with Crippen molar-refractivity contribution in [1.29, 1.82) is 0 Å². The van der Waals surface area contributed by atoms with Crippen molar-refractivity contribution in [2.24, 2.45) is 0 Å². The van der Waals surface area contributed by atoms with E-state index in [9.17, 15) is 4.79 Å². The second-order valence-corrected chi connectivity index (χ2v) is 6.41. The molecule has 17 heavy (non-hydrogen) atoms. The molecule has 1 aromatic rings. The van der Waals surface area contributed by atoms with Gasteiger partial charge < -0.3 is 10.6 Å². The van der Waals surface area contributed by atoms with Crippen molar-refractivity contribution in [3.63, 3.8) is 0 Å². The molecule has 1 aromatic heterocycles. The average Bonchev–Trinajstić information content (AvgIpc) is 2.42. The number of thiazole rings is 1. The van der Waals surface area contributed by atoms with E-state index in [4.69, 9.17) is 0 Å². The fourth-order valence-corrected chi connectivity index (χ4v) is 2.42. The van der Waals surface area contributed by atoms with Crippen molar-refractivity contribution in [3.05, 3.63) is 15.6 Å². The van der Waals surface area contributed by atoms with Gasteiger partial charge in [0.2, 0.25) is 0 Å². The van der Waals surface area contributed by atoms with Crippen LogP contribution in [0.4, 0.5) is 4.79 Å². The van der Waals surface area contributed by atoms with E-state index in [0.29, 0.717) is 6.54 Å². The summed E-state index contributed by atoms with van der Waals surface area (Å²) in [4.78, 5) is 17.1. The number of nitrogens with zero attached hydrogens (tertiary/aromatic N) is 1. The number of hydrogen-bond donors (Lipinski definition) is 2. The van der Waals surface area contributed by atoms with Gasteiger partial charge in [0.25, 0.3) is 0 Å². The van der Waals surface area contributed by atoms with Crippen LogP contribution in [0, 0.1) is 13.8 Å². The van der Waals surface area contributed by atoms with Crippen molar-refractivity contribution in [1.82, 2.24) is 15.6 Å². The Kier molecular flexibility index (Phi) is 4.51. The second-order valence-electron chi connectivity index (χ2n) is 5.12. The Morgan fingerprint density at radius 2 is 2.00 bits per heavy atom. The Balaban J connectivity index is 2.33. The predicted octanol–water partition coefficient (Wildman–Crippen LogP) is 2.40. The number of hydrogen-bond acceptors (Lipinski definition) is 3. The number of carbonyl (C=O) groups is 1. The highest BCUT2D eigenvalue weighted by molar-refractivity contribution is 7.11. The molecular formula is C12H21N3OS. The van der Waals surface area contributed by atoms with Crippen molar-refractivity contribution in [2.45, 2.75) is 46.6 Å². The van der Waals surface area contributed by atoms with E-state index in [-0.39, 0.29) is 11.6 Å². The molecule has 0 bridgehead atoms. The summed E-state index contributed by atoms with van der Waals surface area (Å²) in [6.07, 6.45) is 0.842. The van der Waals surface area contributed by atoms with E-state index in [1.807, 2.05) is 34.6 Å². The normalized spacial score (nSPS) is 11.4. The lowest BCUT2D eigenvalue weighted by Crippen LogP contribution is -2.46. The molecular weight excluding hydrogens is 234 g/mol. The van der Waals surface area contributed by atoms with Gasteiger partial charge in [-0.25, -0.2) is 9.78 Å². The fourth-order valence-electron chi connectivity index (χ4n) is 1.48. The summed E-state index contributed by atoms with van der Waals surface area (Å²) in [6, 6.07) is -0.114. The molecule has 0 aliphatic carbocycles. The summed E-state index contributed by atoms with van der Waals surface area (Å²) in [5.74, 6) is 0. The average molecular weight is 255 g/mol. The molecule has 0 saturated heterocycles. The van der Waals surface area contributed by atoms with E-state index in [2.05, 4.69) is 15.6 Å². The molecule has 96 valence electrons. The van der Waals surface area contributed by atoms with Crippen LogP contribution in [0.1, 0.15) is 36.3 Å². The molecule has 0 radical (unpaired) electrons. The first-order valence-corrected chi connectivity index (χ1v) is 6.58. The third-order valence-electron chi connectivity index (χ3n) is 2.13. The van der Waals surface area contributed by atoms with Gasteiger partial charge in [-0.15, -0.1) is 11.3 Å². The van der Waals surface area contributed by atoms with Crippen LogP contribution in [0.25, 0.3) is 0 Å². The number of rotatable bonds is 3. The molecule has 2 N–H and O–H groups in total. The van der Waals surface area contributed by atoms with E-state index in [1.54, 1.807) is 11.3 Å². The van der Waals surface area contributed by atoms with Crippen molar-refractivity contribution in [2.75, 3.05) is 6.54 Å². The lowest BCUT2D eigenvalue weighted by atomic mass is 10.1. The number of urea groups is 1. The summed E-state index contributed by atoms with van der Waals surface area (Å²) in [5.41, 5.74) is 0.881. The van der Waals surface area contributed by atoms with Crippen LogP contribution in [-0.4, -0.2) is 23.1 Å². The monoisotopic (exact) mass is 255 g/mol. The van der Waals surface area contributed by atoms with E-state index >= 15 is 0 Å².